The van der Waals surface area contributed by atoms with Gasteiger partial charge in [0.05, 0.1) is 16.9 Å². The lowest BCUT2D eigenvalue weighted by Gasteiger charge is -2.19. The molecule has 0 aliphatic rings. The number of rotatable bonds is 7. The highest BCUT2D eigenvalue weighted by atomic mass is 32.1. The number of nitriles is 1. The molecular formula is C20H20FN5OS. The lowest BCUT2D eigenvalue weighted by molar-refractivity contribution is -0.118. The number of anilines is 2. The summed E-state index contributed by atoms with van der Waals surface area (Å²) in [4.78, 5) is 12.1. The first kappa shape index (κ1) is 20.9. The van der Waals surface area contributed by atoms with Crippen LogP contribution in [-0.4, -0.2) is 16.9 Å². The van der Waals surface area contributed by atoms with Gasteiger partial charge >= 0.3 is 0 Å². The van der Waals surface area contributed by atoms with E-state index in [0.29, 0.717) is 5.70 Å². The Morgan fingerprint density at radius 1 is 1.29 bits per heavy atom. The number of primary amides is 1. The molecule has 2 aromatic carbocycles. The van der Waals surface area contributed by atoms with Crippen molar-refractivity contribution in [3.8, 4) is 6.07 Å². The van der Waals surface area contributed by atoms with Crippen molar-refractivity contribution < 1.29 is 9.18 Å². The molecule has 0 saturated carbocycles. The first-order valence-corrected chi connectivity index (χ1v) is 8.79. The van der Waals surface area contributed by atoms with Crippen LogP contribution in [0.4, 0.5) is 15.8 Å². The number of amides is 1. The zero-order valence-corrected chi connectivity index (χ0v) is 16.0. The molecule has 0 fully saturated rings. The number of nitrogens with two attached hydrogens (primary N) is 2. The third-order valence-electron chi connectivity index (χ3n) is 3.80. The molecule has 0 radical (unpaired) electrons. The van der Waals surface area contributed by atoms with Crippen molar-refractivity contribution >= 4 is 34.5 Å². The Morgan fingerprint density at radius 3 is 2.54 bits per heavy atom. The van der Waals surface area contributed by atoms with Gasteiger partial charge in [-0.15, -0.1) is 0 Å². The van der Waals surface area contributed by atoms with Crippen LogP contribution in [0.2, 0.25) is 0 Å². The van der Waals surface area contributed by atoms with E-state index in [-0.39, 0.29) is 28.3 Å². The van der Waals surface area contributed by atoms with E-state index in [1.54, 1.807) is 6.92 Å². The molecule has 1 atom stereocenters. The molecule has 0 bridgehead atoms. The van der Waals surface area contributed by atoms with Crippen molar-refractivity contribution in [2.75, 3.05) is 10.6 Å². The van der Waals surface area contributed by atoms with E-state index < -0.39 is 17.8 Å². The van der Waals surface area contributed by atoms with Gasteiger partial charge in [0.1, 0.15) is 22.9 Å². The molecule has 2 aromatic rings. The predicted molar refractivity (Wildman–Crippen MR) is 112 cm³/mol. The number of thiocarbonyl (C=S) groups is 1. The minimum absolute atomic E-state index is 0.0254. The quantitative estimate of drug-likeness (QED) is 0.422. The average molecular weight is 397 g/mol. The highest BCUT2D eigenvalue weighted by Crippen LogP contribution is 2.25. The molecule has 6 nitrogen and oxygen atoms in total. The molecule has 0 unspecified atom stereocenters. The Labute approximate surface area is 168 Å². The van der Waals surface area contributed by atoms with E-state index in [2.05, 4.69) is 10.6 Å². The number of benzene rings is 2. The zero-order valence-electron chi connectivity index (χ0n) is 15.2. The number of carbonyl (C=O) groups excluding carboxylic acids is 1. The number of allylic oxidation sites excluding steroid dienone is 1. The van der Waals surface area contributed by atoms with Crippen LogP contribution >= 0.6 is 12.2 Å². The SMILES string of the molecule is CC(N)=CC(=S)Nc1cc(N[C@H](Cc2ccccc2)C(N)=O)c(F)cc1C#N. The maximum atomic E-state index is 14.5. The third kappa shape index (κ3) is 5.79. The van der Waals surface area contributed by atoms with E-state index in [0.717, 1.165) is 11.6 Å². The maximum absolute atomic E-state index is 14.5. The average Bonchev–Trinajstić information content (AvgIpc) is 2.63. The molecule has 8 heteroatoms. The third-order valence-corrected chi connectivity index (χ3v) is 4.02. The molecule has 144 valence electrons. The second kappa shape index (κ2) is 9.48. The van der Waals surface area contributed by atoms with E-state index in [9.17, 15) is 14.4 Å². The fourth-order valence-corrected chi connectivity index (χ4v) is 2.81. The monoisotopic (exact) mass is 397 g/mol. The fraction of sp³-hybridized carbons (Fsp3) is 0.150. The van der Waals surface area contributed by atoms with Gasteiger partial charge in [-0.3, -0.25) is 4.79 Å². The van der Waals surface area contributed by atoms with Gasteiger partial charge in [-0.2, -0.15) is 5.26 Å². The van der Waals surface area contributed by atoms with Crippen LogP contribution < -0.4 is 22.1 Å². The van der Waals surface area contributed by atoms with Crippen molar-refractivity contribution in [3.63, 3.8) is 0 Å². The van der Waals surface area contributed by atoms with Crippen molar-refractivity contribution in [3.05, 3.63) is 71.2 Å². The van der Waals surface area contributed by atoms with Gasteiger partial charge in [-0.1, -0.05) is 42.5 Å². The first-order valence-electron chi connectivity index (χ1n) is 8.38. The molecule has 2 rings (SSSR count). The molecular weight excluding hydrogens is 377 g/mol. The molecule has 0 spiro atoms. The highest BCUT2D eigenvalue weighted by Gasteiger charge is 2.19. The van der Waals surface area contributed by atoms with Crippen LogP contribution in [0.25, 0.3) is 0 Å². The molecule has 28 heavy (non-hydrogen) atoms. The topological polar surface area (TPSA) is 117 Å². The van der Waals surface area contributed by atoms with Gasteiger partial charge < -0.3 is 22.1 Å². The van der Waals surface area contributed by atoms with Crippen molar-refractivity contribution in [2.45, 2.75) is 19.4 Å². The standard InChI is InChI=1S/C20H20FN5OS/c1-12(23)7-19(28)26-16-10-17(15(21)9-14(16)11-22)25-18(20(24)27)8-13-5-3-2-4-6-13/h2-7,9-10,18,25H,8,23H2,1H3,(H2,24,27)(H,26,28)/t18-/m1/s1. The summed E-state index contributed by atoms with van der Waals surface area (Å²) < 4.78 is 14.5. The van der Waals surface area contributed by atoms with E-state index in [4.69, 9.17) is 23.7 Å². The Balaban J connectivity index is 2.31. The summed E-state index contributed by atoms with van der Waals surface area (Å²) in [5.41, 5.74) is 12.8. The molecule has 0 heterocycles. The summed E-state index contributed by atoms with van der Waals surface area (Å²) >= 11 is 5.15. The maximum Gasteiger partial charge on any atom is 0.240 e. The smallest absolute Gasteiger partial charge is 0.240 e. The summed E-state index contributed by atoms with van der Waals surface area (Å²) in [6.07, 6.45) is 1.79. The largest absolute Gasteiger partial charge is 0.402 e. The van der Waals surface area contributed by atoms with Gasteiger partial charge in [0.25, 0.3) is 0 Å². The number of nitrogens with zero attached hydrogens (tertiary/aromatic N) is 1. The summed E-state index contributed by atoms with van der Waals surface area (Å²) in [5, 5.41) is 14.9. The van der Waals surface area contributed by atoms with Crippen LogP contribution in [0.1, 0.15) is 18.1 Å². The minimum Gasteiger partial charge on any atom is -0.402 e. The molecule has 0 aliphatic heterocycles. The second-order valence-corrected chi connectivity index (χ2v) is 6.60. The predicted octanol–water partition coefficient (Wildman–Crippen LogP) is 2.81. The first-order chi connectivity index (χ1) is 13.3. The van der Waals surface area contributed by atoms with Crippen LogP contribution in [-0.2, 0) is 11.2 Å². The number of hydrogen-bond donors (Lipinski definition) is 4. The zero-order chi connectivity index (χ0) is 20.7. The van der Waals surface area contributed by atoms with Gasteiger partial charge in [0.2, 0.25) is 5.91 Å². The lowest BCUT2D eigenvalue weighted by atomic mass is 10.0. The number of halogens is 1. The van der Waals surface area contributed by atoms with Gasteiger partial charge in [0.15, 0.2) is 0 Å². The molecule has 0 aromatic heterocycles. The number of carbonyl (C=O) groups is 1. The highest BCUT2D eigenvalue weighted by molar-refractivity contribution is 7.81. The Hall–Kier alpha value is -3.44. The molecule has 0 saturated heterocycles. The van der Waals surface area contributed by atoms with Gasteiger partial charge in [-0.05, 0) is 30.7 Å². The second-order valence-electron chi connectivity index (χ2n) is 6.16. The van der Waals surface area contributed by atoms with Crippen molar-refractivity contribution in [1.29, 1.82) is 5.26 Å². The summed E-state index contributed by atoms with van der Waals surface area (Å²) in [7, 11) is 0. The fourth-order valence-electron chi connectivity index (χ4n) is 2.52. The molecule has 6 N–H and O–H groups in total. The van der Waals surface area contributed by atoms with E-state index in [1.807, 2.05) is 36.4 Å². The van der Waals surface area contributed by atoms with Crippen LogP contribution in [0.15, 0.2) is 54.2 Å². The van der Waals surface area contributed by atoms with E-state index >= 15 is 0 Å². The summed E-state index contributed by atoms with van der Waals surface area (Å²) in [5.74, 6) is -1.31. The van der Waals surface area contributed by atoms with Crippen LogP contribution in [0.5, 0.6) is 0 Å². The van der Waals surface area contributed by atoms with Crippen LogP contribution in [0.3, 0.4) is 0 Å². The van der Waals surface area contributed by atoms with Crippen molar-refractivity contribution in [1.82, 2.24) is 0 Å². The Kier molecular flexibility index (Phi) is 7.07. The van der Waals surface area contributed by atoms with Gasteiger partial charge in [-0.25, -0.2) is 4.39 Å². The Bertz CT molecular complexity index is 949. The molecule has 1 amide bonds. The minimum atomic E-state index is -0.837. The van der Waals surface area contributed by atoms with Crippen molar-refractivity contribution in [2.24, 2.45) is 11.5 Å². The number of nitrogens with one attached hydrogen (secondary N) is 2. The summed E-state index contributed by atoms with van der Waals surface area (Å²) in [6.45, 7) is 1.66. The van der Waals surface area contributed by atoms with Gasteiger partial charge in [0, 0.05) is 12.1 Å². The van der Waals surface area contributed by atoms with Crippen LogP contribution in [0, 0.1) is 17.1 Å². The lowest BCUT2D eigenvalue weighted by Crippen LogP contribution is -2.37. The Morgan fingerprint density at radius 2 is 1.96 bits per heavy atom. The molecule has 0 aliphatic carbocycles. The summed E-state index contributed by atoms with van der Waals surface area (Å²) in [6, 6.07) is 12.7. The van der Waals surface area contributed by atoms with E-state index in [1.165, 1.54) is 12.1 Å². The number of hydrogen-bond acceptors (Lipinski definition) is 5. The normalized spacial score (nSPS) is 12.0.